The molecule has 0 spiro atoms. The molecule has 6 heteroatoms. The van der Waals surface area contributed by atoms with E-state index in [4.69, 9.17) is 5.73 Å². The molecular weight excluding hydrogens is 405 g/mol. The van der Waals surface area contributed by atoms with E-state index in [9.17, 15) is 4.79 Å². The highest BCUT2D eigenvalue weighted by Crippen LogP contribution is 2.37. The number of nitrogens with zero attached hydrogens (tertiary/aromatic N) is 2. The number of halogens is 2. The van der Waals surface area contributed by atoms with E-state index < -0.39 is 0 Å². The number of carbonyl (C=O) groups excluding carboxylic acids is 1. The van der Waals surface area contributed by atoms with Crippen LogP contribution in [-0.4, -0.2) is 36.5 Å². The van der Waals surface area contributed by atoms with Crippen molar-refractivity contribution < 1.29 is 4.79 Å². The molecule has 1 saturated heterocycles. The Morgan fingerprint density at radius 1 is 1.03 bits per heavy atom. The van der Waals surface area contributed by atoms with Gasteiger partial charge in [-0.1, -0.05) is 62.4 Å². The molecule has 1 fully saturated rings. The lowest BCUT2D eigenvalue weighted by atomic mass is 9.79. The van der Waals surface area contributed by atoms with E-state index in [1.165, 1.54) is 11.3 Å². The summed E-state index contributed by atoms with van der Waals surface area (Å²) in [6.45, 7) is 6.66. The van der Waals surface area contributed by atoms with Crippen LogP contribution in [0.15, 0.2) is 54.6 Å². The van der Waals surface area contributed by atoms with Gasteiger partial charge in [0.2, 0.25) is 5.91 Å². The molecule has 2 aliphatic rings. The van der Waals surface area contributed by atoms with Crippen LogP contribution in [0.3, 0.4) is 0 Å². The fourth-order valence-corrected chi connectivity index (χ4v) is 4.46. The van der Waals surface area contributed by atoms with E-state index in [1.807, 2.05) is 23.1 Å². The van der Waals surface area contributed by atoms with Crippen molar-refractivity contribution in [3.8, 4) is 0 Å². The monoisotopic (exact) mass is 435 g/mol. The first-order valence-electron chi connectivity index (χ1n) is 9.91. The number of fused-ring (bicyclic) bond motifs is 1. The van der Waals surface area contributed by atoms with Gasteiger partial charge in [0.15, 0.2) is 0 Å². The minimum absolute atomic E-state index is 0. The van der Waals surface area contributed by atoms with Crippen LogP contribution >= 0.6 is 24.8 Å². The van der Waals surface area contributed by atoms with Gasteiger partial charge in [0, 0.05) is 31.4 Å². The Hall–Kier alpha value is -1.75. The maximum atomic E-state index is 13.7. The second-order valence-corrected chi connectivity index (χ2v) is 8.53. The van der Waals surface area contributed by atoms with Gasteiger partial charge in [0.1, 0.15) is 6.04 Å². The summed E-state index contributed by atoms with van der Waals surface area (Å²) in [5.41, 5.74) is 9.82. The van der Waals surface area contributed by atoms with Crippen LogP contribution in [0.2, 0.25) is 0 Å². The van der Waals surface area contributed by atoms with Crippen molar-refractivity contribution in [1.29, 1.82) is 0 Å². The summed E-state index contributed by atoms with van der Waals surface area (Å²) in [5, 5.41) is 0. The molecule has 2 atom stereocenters. The zero-order valence-electron chi connectivity index (χ0n) is 17.1. The standard InChI is InChI=1S/C23H29N3O.2ClH/c1-23(2)16-25(14-13-20(23)24)22(27)21(18-9-4-3-5-10-18)26-15-12-17-8-6-7-11-19(17)26;;/h3-11,20-21H,12-16,24H2,1-2H3;2*1H. The fraction of sp³-hybridized carbons (Fsp3) is 0.435. The highest BCUT2D eigenvalue weighted by Gasteiger charge is 2.40. The number of para-hydroxylation sites is 1. The molecule has 0 saturated carbocycles. The van der Waals surface area contributed by atoms with Gasteiger partial charge >= 0.3 is 0 Å². The first-order chi connectivity index (χ1) is 13.0. The molecule has 2 unspecified atom stereocenters. The lowest BCUT2D eigenvalue weighted by Crippen LogP contribution is -2.56. The number of piperidine rings is 1. The van der Waals surface area contributed by atoms with Crippen molar-refractivity contribution in [3.05, 3.63) is 65.7 Å². The molecule has 0 aliphatic carbocycles. The molecule has 4 nitrogen and oxygen atoms in total. The fourth-order valence-electron chi connectivity index (χ4n) is 4.46. The van der Waals surface area contributed by atoms with Gasteiger partial charge in [-0.3, -0.25) is 4.79 Å². The number of hydrogen-bond donors (Lipinski definition) is 1. The minimum Gasteiger partial charge on any atom is -0.355 e. The van der Waals surface area contributed by atoms with E-state index in [2.05, 4.69) is 55.1 Å². The number of nitrogens with two attached hydrogens (primary N) is 1. The third-order valence-electron chi connectivity index (χ3n) is 6.21. The number of rotatable bonds is 3. The van der Waals surface area contributed by atoms with Gasteiger partial charge in [-0.05, 0) is 35.4 Å². The summed E-state index contributed by atoms with van der Waals surface area (Å²) in [7, 11) is 0. The predicted molar refractivity (Wildman–Crippen MR) is 124 cm³/mol. The largest absolute Gasteiger partial charge is 0.355 e. The summed E-state index contributed by atoms with van der Waals surface area (Å²) < 4.78 is 0. The Kier molecular flexibility index (Phi) is 7.61. The second kappa shape index (κ2) is 9.38. The molecular formula is C23H31Cl2N3O. The number of carbonyl (C=O) groups is 1. The predicted octanol–water partition coefficient (Wildman–Crippen LogP) is 4.22. The lowest BCUT2D eigenvalue weighted by molar-refractivity contribution is -0.136. The Balaban J connectivity index is 0.00000150. The van der Waals surface area contributed by atoms with Gasteiger partial charge in [-0.2, -0.15) is 0 Å². The molecule has 0 aromatic heterocycles. The molecule has 29 heavy (non-hydrogen) atoms. The van der Waals surface area contributed by atoms with Crippen LogP contribution in [0.4, 0.5) is 5.69 Å². The van der Waals surface area contributed by atoms with Crippen LogP contribution in [0.25, 0.3) is 0 Å². The molecule has 2 aromatic carbocycles. The highest BCUT2D eigenvalue weighted by atomic mass is 35.5. The molecule has 0 radical (unpaired) electrons. The summed E-state index contributed by atoms with van der Waals surface area (Å²) in [6.07, 6.45) is 1.85. The molecule has 2 aliphatic heterocycles. The zero-order chi connectivity index (χ0) is 19.0. The smallest absolute Gasteiger partial charge is 0.249 e. The topological polar surface area (TPSA) is 49.6 Å². The van der Waals surface area contributed by atoms with Crippen molar-refractivity contribution >= 4 is 36.4 Å². The van der Waals surface area contributed by atoms with Crippen LogP contribution in [0.5, 0.6) is 0 Å². The Morgan fingerprint density at radius 3 is 2.38 bits per heavy atom. The Bertz CT molecular complexity index is 828. The molecule has 2 N–H and O–H groups in total. The number of likely N-dealkylation sites (tertiary alicyclic amines) is 1. The molecule has 1 amide bonds. The normalized spacial score (nSPS) is 20.9. The number of hydrogen-bond acceptors (Lipinski definition) is 3. The summed E-state index contributed by atoms with van der Waals surface area (Å²) >= 11 is 0. The maximum absolute atomic E-state index is 13.7. The van der Waals surface area contributed by atoms with Gasteiger partial charge in [0.25, 0.3) is 0 Å². The average Bonchev–Trinajstić information content (AvgIpc) is 3.09. The summed E-state index contributed by atoms with van der Waals surface area (Å²) in [4.78, 5) is 18.0. The SMILES string of the molecule is CC1(C)CN(C(=O)C(c2ccccc2)N2CCc3ccccc32)CCC1N.Cl.Cl. The number of amides is 1. The van der Waals surface area contributed by atoms with E-state index in [0.29, 0.717) is 6.54 Å². The molecule has 158 valence electrons. The third kappa shape index (κ3) is 4.55. The van der Waals surface area contributed by atoms with Gasteiger partial charge < -0.3 is 15.5 Å². The molecule has 2 heterocycles. The molecule has 0 bridgehead atoms. The molecule has 4 rings (SSSR count). The minimum atomic E-state index is -0.278. The highest BCUT2D eigenvalue weighted by molar-refractivity contribution is 5.88. The summed E-state index contributed by atoms with van der Waals surface area (Å²) in [6, 6.07) is 18.5. The average molecular weight is 436 g/mol. The molecule has 2 aromatic rings. The quantitative estimate of drug-likeness (QED) is 0.784. The van der Waals surface area contributed by atoms with E-state index in [0.717, 1.165) is 31.5 Å². The van der Waals surface area contributed by atoms with Crippen molar-refractivity contribution in [3.63, 3.8) is 0 Å². The van der Waals surface area contributed by atoms with Crippen LogP contribution < -0.4 is 10.6 Å². The van der Waals surface area contributed by atoms with Crippen molar-refractivity contribution in [2.75, 3.05) is 24.5 Å². The van der Waals surface area contributed by atoms with Crippen LogP contribution in [0.1, 0.15) is 37.4 Å². The van der Waals surface area contributed by atoms with Crippen LogP contribution in [0, 0.1) is 5.41 Å². The van der Waals surface area contributed by atoms with E-state index in [1.54, 1.807) is 0 Å². The second-order valence-electron chi connectivity index (χ2n) is 8.53. The van der Waals surface area contributed by atoms with Gasteiger partial charge in [0.05, 0.1) is 0 Å². The Morgan fingerprint density at radius 2 is 1.69 bits per heavy atom. The van der Waals surface area contributed by atoms with E-state index in [-0.39, 0.29) is 48.2 Å². The van der Waals surface area contributed by atoms with E-state index >= 15 is 0 Å². The number of anilines is 1. The number of benzene rings is 2. The van der Waals surface area contributed by atoms with Crippen molar-refractivity contribution in [2.24, 2.45) is 11.1 Å². The van der Waals surface area contributed by atoms with Gasteiger partial charge in [-0.15, -0.1) is 24.8 Å². The first-order valence-corrected chi connectivity index (χ1v) is 9.91. The van der Waals surface area contributed by atoms with Gasteiger partial charge in [-0.25, -0.2) is 0 Å². The van der Waals surface area contributed by atoms with Crippen LogP contribution in [-0.2, 0) is 11.2 Å². The Labute approximate surface area is 186 Å². The zero-order valence-corrected chi connectivity index (χ0v) is 18.7. The van der Waals surface area contributed by atoms with Crippen molar-refractivity contribution in [1.82, 2.24) is 4.90 Å². The van der Waals surface area contributed by atoms with Crippen molar-refractivity contribution in [2.45, 2.75) is 38.8 Å². The first kappa shape index (κ1) is 23.5. The maximum Gasteiger partial charge on any atom is 0.249 e. The third-order valence-corrected chi connectivity index (χ3v) is 6.21. The summed E-state index contributed by atoms with van der Waals surface area (Å²) in [5.74, 6) is 0.192. The lowest BCUT2D eigenvalue weighted by Gasteiger charge is -2.44.